The molecule has 0 aromatic heterocycles. The van der Waals surface area contributed by atoms with E-state index in [9.17, 15) is 9.59 Å². The third-order valence-electron chi connectivity index (χ3n) is 2.21. The van der Waals surface area contributed by atoms with Gasteiger partial charge in [-0.3, -0.25) is 4.79 Å². The third-order valence-corrected chi connectivity index (χ3v) is 2.21. The van der Waals surface area contributed by atoms with Crippen LogP contribution < -0.4 is 4.74 Å². The molecule has 0 fully saturated rings. The molecule has 1 rings (SSSR count). The van der Waals surface area contributed by atoms with Crippen LogP contribution in [0.2, 0.25) is 0 Å². The molecule has 0 atom stereocenters. The summed E-state index contributed by atoms with van der Waals surface area (Å²) in [6.07, 6.45) is 0.261. The summed E-state index contributed by atoms with van der Waals surface area (Å²) in [6, 6.07) is 5.09. The standard InChI is InChI=1S/C13H16O4/c1-4-11(14)17-12-9(3)7-6-8-10(12)13(15)16-5-2/h6-8H,4-5H2,1-3H3. The summed E-state index contributed by atoms with van der Waals surface area (Å²) in [5.41, 5.74) is 1.02. The lowest BCUT2D eigenvalue weighted by atomic mass is 10.1. The highest BCUT2D eigenvalue weighted by molar-refractivity contribution is 5.94. The van der Waals surface area contributed by atoms with Gasteiger partial charge >= 0.3 is 11.9 Å². The lowest BCUT2D eigenvalue weighted by Crippen LogP contribution is -2.12. The molecule has 0 radical (unpaired) electrons. The molecule has 1 aromatic carbocycles. The van der Waals surface area contributed by atoms with Crippen molar-refractivity contribution < 1.29 is 19.1 Å². The second-order valence-corrected chi connectivity index (χ2v) is 3.50. The van der Waals surface area contributed by atoms with Crippen molar-refractivity contribution in [1.29, 1.82) is 0 Å². The fraction of sp³-hybridized carbons (Fsp3) is 0.385. The predicted octanol–water partition coefficient (Wildman–Crippen LogP) is 2.49. The zero-order chi connectivity index (χ0) is 12.8. The molecule has 4 nitrogen and oxygen atoms in total. The topological polar surface area (TPSA) is 52.6 Å². The van der Waals surface area contributed by atoms with Crippen molar-refractivity contribution in [2.45, 2.75) is 27.2 Å². The van der Waals surface area contributed by atoms with E-state index in [4.69, 9.17) is 9.47 Å². The van der Waals surface area contributed by atoms with Crippen LogP contribution in [0, 0.1) is 6.92 Å². The number of hydrogen-bond donors (Lipinski definition) is 0. The highest BCUT2D eigenvalue weighted by Gasteiger charge is 2.17. The van der Waals surface area contributed by atoms with Crippen molar-refractivity contribution in [2.75, 3.05) is 6.61 Å². The van der Waals surface area contributed by atoms with Crippen LogP contribution in [0.3, 0.4) is 0 Å². The Balaban J connectivity index is 3.08. The number of para-hydroxylation sites is 1. The monoisotopic (exact) mass is 236 g/mol. The van der Waals surface area contributed by atoms with Gasteiger partial charge in [-0.1, -0.05) is 19.1 Å². The number of ether oxygens (including phenoxy) is 2. The minimum atomic E-state index is -0.477. The van der Waals surface area contributed by atoms with Crippen LogP contribution in [0.4, 0.5) is 0 Å². The molecule has 0 amide bonds. The summed E-state index contributed by atoms with van der Waals surface area (Å²) in [5.74, 6) is -0.558. The van der Waals surface area contributed by atoms with Gasteiger partial charge in [0.25, 0.3) is 0 Å². The summed E-state index contributed by atoms with van der Waals surface area (Å²) in [5, 5.41) is 0. The van der Waals surface area contributed by atoms with Gasteiger partial charge < -0.3 is 9.47 Å². The molecule has 0 saturated heterocycles. The molecule has 0 saturated carbocycles. The second-order valence-electron chi connectivity index (χ2n) is 3.50. The summed E-state index contributed by atoms with van der Waals surface area (Å²) in [4.78, 5) is 23.0. The number of esters is 2. The number of carbonyl (C=O) groups is 2. The minimum absolute atomic E-state index is 0.261. The van der Waals surface area contributed by atoms with Gasteiger partial charge in [-0.2, -0.15) is 0 Å². The van der Waals surface area contributed by atoms with E-state index in [1.165, 1.54) is 0 Å². The molecule has 0 N–H and O–H groups in total. The van der Waals surface area contributed by atoms with E-state index in [2.05, 4.69) is 0 Å². The fourth-order valence-corrected chi connectivity index (χ4v) is 1.34. The molecule has 1 aromatic rings. The molecule has 0 unspecified atom stereocenters. The Bertz CT molecular complexity index is 423. The lowest BCUT2D eigenvalue weighted by molar-refractivity contribution is -0.134. The maximum absolute atomic E-state index is 11.7. The van der Waals surface area contributed by atoms with Crippen molar-refractivity contribution in [3.8, 4) is 5.75 Å². The Kier molecular flexibility index (Phi) is 4.69. The Labute approximate surface area is 101 Å². The molecule has 0 aliphatic rings. The smallest absolute Gasteiger partial charge is 0.341 e. The van der Waals surface area contributed by atoms with Gasteiger partial charge in [0, 0.05) is 6.42 Å². The third kappa shape index (κ3) is 3.31. The van der Waals surface area contributed by atoms with E-state index >= 15 is 0 Å². The lowest BCUT2D eigenvalue weighted by Gasteiger charge is -2.11. The first-order valence-corrected chi connectivity index (χ1v) is 5.57. The number of benzene rings is 1. The molecule has 17 heavy (non-hydrogen) atoms. The average molecular weight is 236 g/mol. The second kappa shape index (κ2) is 6.03. The normalized spacial score (nSPS) is 9.82. The van der Waals surface area contributed by atoms with Gasteiger partial charge in [-0.25, -0.2) is 4.79 Å². The Morgan fingerprint density at radius 3 is 2.53 bits per heavy atom. The first kappa shape index (κ1) is 13.2. The van der Waals surface area contributed by atoms with Gasteiger partial charge in [-0.15, -0.1) is 0 Å². The highest BCUT2D eigenvalue weighted by atomic mass is 16.5. The first-order chi connectivity index (χ1) is 8.10. The van der Waals surface area contributed by atoms with Crippen molar-refractivity contribution in [3.63, 3.8) is 0 Å². The zero-order valence-corrected chi connectivity index (χ0v) is 10.3. The van der Waals surface area contributed by atoms with Crippen LogP contribution in [0.1, 0.15) is 36.2 Å². The van der Waals surface area contributed by atoms with Crippen LogP contribution in [-0.2, 0) is 9.53 Å². The van der Waals surface area contributed by atoms with Crippen LogP contribution in [0.25, 0.3) is 0 Å². The summed E-state index contributed by atoms with van der Waals surface area (Å²) in [7, 11) is 0. The largest absolute Gasteiger partial charge is 0.462 e. The minimum Gasteiger partial charge on any atom is -0.462 e. The predicted molar refractivity (Wildman–Crippen MR) is 63.1 cm³/mol. The number of rotatable bonds is 4. The van der Waals surface area contributed by atoms with Crippen LogP contribution in [0.15, 0.2) is 18.2 Å². The fourth-order valence-electron chi connectivity index (χ4n) is 1.34. The maximum atomic E-state index is 11.7. The van der Waals surface area contributed by atoms with Crippen LogP contribution in [-0.4, -0.2) is 18.5 Å². The van der Waals surface area contributed by atoms with Gasteiger partial charge in [0.05, 0.1) is 6.61 Å². The Morgan fingerprint density at radius 1 is 1.24 bits per heavy atom. The van der Waals surface area contributed by atoms with E-state index in [1.54, 1.807) is 39.0 Å². The van der Waals surface area contributed by atoms with E-state index < -0.39 is 5.97 Å². The van der Waals surface area contributed by atoms with Crippen molar-refractivity contribution in [3.05, 3.63) is 29.3 Å². The average Bonchev–Trinajstić information content (AvgIpc) is 2.31. The molecule has 0 aliphatic carbocycles. The van der Waals surface area contributed by atoms with Gasteiger partial charge in [0.2, 0.25) is 0 Å². The molecule has 0 spiro atoms. The van der Waals surface area contributed by atoms with Gasteiger partial charge in [0.1, 0.15) is 11.3 Å². The quantitative estimate of drug-likeness (QED) is 0.595. The Morgan fingerprint density at radius 2 is 1.94 bits per heavy atom. The SMILES string of the molecule is CCOC(=O)c1cccc(C)c1OC(=O)CC. The molecule has 0 heterocycles. The molecular formula is C13H16O4. The molecule has 4 heteroatoms. The molecule has 92 valence electrons. The van der Waals surface area contributed by atoms with E-state index in [1.807, 2.05) is 0 Å². The van der Waals surface area contributed by atoms with Crippen molar-refractivity contribution in [1.82, 2.24) is 0 Å². The highest BCUT2D eigenvalue weighted by Crippen LogP contribution is 2.24. The molecular weight excluding hydrogens is 220 g/mol. The zero-order valence-electron chi connectivity index (χ0n) is 10.3. The van der Waals surface area contributed by atoms with Crippen LogP contribution in [0.5, 0.6) is 5.75 Å². The summed E-state index contributed by atoms with van der Waals surface area (Å²) < 4.78 is 10.1. The Hall–Kier alpha value is -1.84. The number of hydrogen-bond acceptors (Lipinski definition) is 4. The van der Waals surface area contributed by atoms with Crippen molar-refractivity contribution >= 4 is 11.9 Å². The number of carbonyl (C=O) groups excluding carboxylic acids is 2. The molecule has 0 bridgehead atoms. The summed E-state index contributed by atoms with van der Waals surface area (Å²) in [6.45, 7) is 5.49. The van der Waals surface area contributed by atoms with Crippen LogP contribution >= 0.6 is 0 Å². The molecule has 0 aliphatic heterocycles. The van der Waals surface area contributed by atoms with Gasteiger partial charge in [-0.05, 0) is 25.5 Å². The van der Waals surface area contributed by atoms with E-state index in [0.29, 0.717) is 0 Å². The van der Waals surface area contributed by atoms with Crippen molar-refractivity contribution in [2.24, 2.45) is 0 Å². The van der Waals surface area contributed by atoms with E-state index in [0.717, 1.165) is 5.56 Å². The first-order valence-electron chi connectivity index (χ1n) is 5.57. The maximum Gasteiger partial charge on any atom is 0.341 e. The van der Waals surface area contributed by atoms with Gasteiger partial charge in [0.15, 0.2) is 0 Å². The number of aryl methyl sites for hydroxylation is 1. The van der Waals surface area contributed by atoms with E-state index in [-0.39, 0.29) is 30.3 Å². The summed E-state index contributed by atoms with van der Waals surface area (Å²) >= 11 is 0.